The van der Waals surface area contributed by atoms with Crippen molar-refractivity contribution >= 4 is 17.5 Å². The molecule has 0 saturated heterocycles. The topological polar surface area (TPSA) is 102 Å². The Kier molecular flexibility index (Phi) is 6.73. The Balaban J connectivity index is 1.75. The summed E-state index contributed by atoms with van der Waals surface area (Å²) >= 11 is 0. The van der Waals surface area contributed by atoms with Gasteiger partial charge in [0.05, 0.1) is 6.54 Å². The van der Waals surface area contributed by atoms with E-state index in [0.717, 1.165) is 10.1 Å². The number of aromatic nitrogens is 2. The van der Waals surface area contributed by atoms with Gasteiger partial charge >= 0.3 is 5.69 Å². The van der Waals surface area contributed by atoms with Gasteiger partial charge < -0.3 is 10.6 Å². The Bertz CT molecular complexity index is 1240. The molecular weight excluding hydrogens is 408 g/mol. The maximum atomic E-state index is 12.8. The largest absolute Gasteiger partial charge is 0.347 e. The first-order chi connectivity index (χ1) is 15.1. The van der Waals surface area contributed by atoms with E-state index in [1.807, 2.05) is 51.1 Å². The smallest absolute Gasteiger partial charge is 0.331 e. The Morgan fingerprint density at radius 3 is 2.34 bits per heavy atom. The Hall–Kier alpha value is -3.94. The minimum absolute atomic E-state index is 0.267. The zero-order valence-electron chi connectivity index (χ0n) is 18.3. The third kappa shape index (κ3) is 6.04. The van der Waals surface area contributed by atoms with Gasteiger partial charge in [-0.15, -0.1) is 0 Å². The Labute approximate surface area is 185 Å². The average molecular weight is 434 g/mol. The van der Waals surface area contributed by atoms with Gasteiger partial charge in [-0.3, -0.25) is 23.5 Å². The Morgan fingerprint density at radius 1 is 0.938 bits per heavy atom. The van der Waals surface area contributed by atoms with Crippen LogP contribution in [0.1, 0.15) is 36.7 Å². The zero-order valence-corrected chi connectivity index (χ0v) is 18.3. The van der Waals surface area contributed by atoms with E-state index in [1.165, 1.54) is 16.8 Å². The van der Waals surface area contributed by atoms with Crippen molar-refractivity contribution in [3.8, 4) is 0 Å². The normalized spacial score (nSPS) is 11.1. The summed E-state index contributed by atoms with van der Waals surface area (Å²) in [4.78, 5) is 49.9. The number of nitrogens with zero attached hydrogens (tertiary/aromatic N) is 2. The van der Waals surface area contributed by atoms with E-state index >= 15 is 0 Å². The monoisotopic (exact) mass is 434 g/mol. The second kappa shape index (κ2) is 9.47. The van der Waals surface area contributed by atoms with Crippen molar-refractivity contribution in [1.29, 1.82) is 0 Å². The van der Waals surface area contributed by atoms with Crippen LogP contribution in [0.2, 0.25) is 0 Å². The van der Waals surface area contributed by atoms with E-state index in [2.05, 4.69) is 10.6 Å². The van der Waals surface area contributed by atoms with Gasteiger partial charge in [-0.2, -0.15) is 0 Å². The molecule has 0 atom stereocenters. The molecule has 2 amide bonds. The van der Waals surface area contributed by atoms with Crippen molar-refractivity contribution in [3.63, 3.8) is 0 Å². The fourth-order valence-corrected chi connectivity index (χ4v) is 3.10. The second-order valence-electron chi connectivity index (χ2n) is 8.47. The predicted octanol–water partition coefficient (Wildman–Crippen LogP) is 2.23. The molecule has 0 bridgehead atoms. The summed E-state index contributed by atoms with van der Waals surface area (Å²) in [6.45, 7) is 5.47. The molecule has 0 fully saturated rings. The van der Waals surface area contributed by atoms with Crippen LogP contribution in [0, 0.1) is 0 Å². The van der Waals surface area contributed by atoms with Gasteiger partial charge in [-0.05, 0) is 44.5 Å². The number of anilines is 1. The van der Waals surface area contributed by atoms with Crippen LogP contribution in [0.4, 0.5) is 5.69 Å². The van der Waals surface area contributed by atoms with Crippen molar-refractivity contribution in [2.45, 2.75) is 39.4 Å². The molecule has 1 aromatic heterocycles. The van der Waals surface area contributed by atoms with Crippen LogP contribution in [0.15, 0.2) is 76.4 Å². The highest BCUT2D eigenvalue weighted by Crippen LogP contribution is 2.12. The minimum Gasteiger partial charge on any atom is -0.347 e. The lowest BCUT2D eigenvalue weighted by Crippen LogP contribution is -2.42. The van der Waals surface area contributed by atoms with E-state index in [4.69, 9.17) is 0 Å². The summed E-state index contributed by atoms with van der Waals surface area (Å²) in [6, 6.07) is 17.1. The molecule has 0 spiro atoms. The van der Waals surface area contributed by atoms with Gasteiger partial charge in [0.1, 0.15) is 6.54 Å². The van der Waals surface area contributed by atoms with E-state index < -0.39 is 29.2 Å². The fraction of sp³-hybridized carbons (Fsp3) is 0.250. The first kappa shape index (κ1) is 22.7. The quantitative estimate of drug-likeness (QED) is 0.621. The molecule has 8 heteroatoms. The molecule has 0 aliphatic rings. The first-order valence-corrected chi connectivity index (χ1v) is 10.2. The van der Waals surface area contributed by atoms with Gasteiger partial charge in [0.15, 0.2) is 0 Å². The SMILES string of the molecule is CC(C)(C)NC(=O)c1cccc(NC(=O)Cn2c(=O)ccn(Cc3ccccc3)c2=O)c1. The maximum Gasteiger partial charge on any atom is 0.331 e. The van der Waals surface area contributed by atoms with E-state index in [1.54, 1.807) is 24.3 Å². The number of hydrogen-bond acceptors (Lipinski definition) is 4. The molecule has 0 radical (unpaired) electrons. The van der Waals surface area contributed by atoms with Crippen molar-refractivity contribution in [2.75, 3.05) is 5.32 Å². The molecule has 0 unspecified atom stereocenters. The lowest BCUT2D eigenvalue weighted by Gasteiger charge is -2.20. The molecular formula is C24H26N4O4. The molecule has 0 saturated carbocycles. The van der Waals surface area contributed by atoms with Crippen molar-refractivity contribution in [3.05, 3.63) is 98.8 Å². The lowest BCUT2D eigenvalue weighted by atomic mass is 10.1. The third-order valence-electron chi connectivity index (χ3n) is 4.53. The number of rotatable bonds is 6. The van der Waals surface area contributed by atoms with Crippen molar-refractivity contribution < 1.29 is 9.59 Å². The van der Waals surface area contributed by atoms with Crippen LogP contribution < -0.4 is 21.9 Å². The highest BCUT2D eigenvalue weighted by atomic mass is 16.2. The summed E-state index contributed by atoms with van der Waals surface area (Å²) in [6.07, 6.45) is 1.42. The highest BCUT2D eigenvalue weighted by molar-refractivity contribution is 5.97. The molecule has 32 heavy (non-hydrogen) atoms. The lowest BCUT2D eigenvalue weighted by molar-refractivity contribution is -0.116. The van der Waals surface area contributed by atoms with Gasteiger partial charge in [0.2, 0.25) is 5.91 Å². The van der Waals surface area contributed by atoms with Crippen LogP contribution in [-0.4, -0.2) is 26.5 Å². The molecule has 3 rings (SSSR count). The zero-order chi connectivity index (χ0) is 23.3. The average Bonchev–Trinajstić information content (AvgIpc) is 2.73. The van der Waals surface area contributed by atoms with Crippen LogP contribution in [0.3, 0.4) is 0 Å². The summed E-state index contributed by atoms with van der Waals surface area (Å²) in [7, 11) is 0. The molecule has 1 heterocycles. The summed E-state index contributed by atoms with van der Waals surface area (Å²) < 4.78 is 2.26. The highest BCUT2D eigenvalue weighted by Gasteiger charge is 2.16. The minimum atomic E-state index is -0.574. The van der Waals surface area contributed by atoms with Crippen molar-refractivity contribution in [1.82, 2.24) is 14.5 Å². The van der Waals surface area contributed by atoms with Gasteiger partial charge in [0.25, 0.3) is 11.5 Å². The second-order valence-corrected chi connectivity index (χ2v) is 8.47. The summed E-state index contributed by atoms with van der Waals surface area (Å²) in [5.74, 6) is -0.813. The van der Waals surface area contributed by atoms with Crippen molar-refractivity contribution in [2.24, 2.45) is 0 Å². The van der Waals surface area contributed by atoms with E-state index in [9.17, 15) is 19.2 Å². The van der Waals surface area contributed by atoms with Gasteiger partial charge in [0, 0.05) is 29.1 Å². The number of hydrogen-bond donors (Lipinski definition) is 2. The Morgan fingerprint density at radius 2 is 1.66 bits per heavy atom. The molecule has 3 aromatic rings. The third-order valence-corrected chi connectivity index (χ3v) is 4.53. The maximum absolute atomic E-state index is 12.8. The predicted molar refractivity (Wildman–Crippen MR) is 123 cm³/mol. The first-order valence-electron chi connectivity index (χ1n) is 10.2. The molecule has 2 N–H and O–H groups in total. The molecule has 8 nitrogen and oxygen atoms in total. The van der Waals surface area contributed by atoms with Gasteiger partial charge in [-0.1, -0.05) is 36.4 Å². The standard InChI is InChI=1S/C24H26N4O4/c1-24(2,3)26-22(31)18-10-7-11-19(14-18)25-20(29)16-28-21(30)12-13-27(23(28)32)15-17-8-5-4-6-9-17/h4-14H,15-16H2,1-3H3,(H,25,29)(H,26,31). The van der Waals surface area contributed by atoms with Gasteiger partial charge in [-0.25, -0.2) is 4.79 Å². The van der Waals surface area contributed by atoms with Crippen LogP contribution in [0.25, 0.3) is 0 Å². The van der Waals surface area contributed by atoms with E-state index in [-0.39, 0.29) is 12.5 Å². The van der Waals surface area contributed by atoms with E-state index in [0.29, 0.717) is 11.3 Å². The van der Waals surface area contributed by atoms with Crippen LogP contribution in [-0.2, 0) is 17.9 Å². The summed E-state index contributed by atoms with van der Waals surface area (Å²) in [5, 5.41) is 5.50. The molecule has 166 valence electrons. The number of carbonyl (C=O) groups is 2. The van der Waals surface area contributed by atoms with Crippen LogP contribution in [0.5, 0.6) is 0 Å². The fourth-order valence-electron chi connectivity index (χ4n) is 3.10. The molecule has 0 aliphatic heterocycles. The number of benzene rings is 2. The number of amides is 2. The molecule has 2 aromatic carbocycles. The number of carbonyl (C=O) groups excluding carboxylic acids is 2. The number of nitrogens with one attached hydrogen (secondary N) is 2. The summed E-state index contributed by atoms with van der Waals surface area (Å²) in [5.41, 5.74) is 0.145. The van der Waals surface area contributed by atoms with Crippen LogP contribution >= 0.6 is 0 Å². The molecule has 0 aliphatic carbocycles.